The van der Waals surface area contributed by atoms with Crippen LogP contribution in [0, 0.1) is 22.7 Å². The Morgan fingerprint density at radius 2 is 1.73 bits per heavy atom. The SMILES string of the molecule is N#Cc1cc2c(cc1C#N)C(O)(Cc1ccccc1)NC2=O. The molecule has 0 aliphatic carbocycles. The number of carbonyl (C=O) groups excluding carboxylic acids is 1. The Bertz CT molecular complexity index is 847. The predicted molar refractivity (Wildman–Crippen MR) is 77.4 cm³/mol. The van der Waals surface area contributed by atoms with Crippen LogP contribution in [0.25, 0.3) is 0 Å². The van der Waals surface area contributed by atoms with Crippen LogP contribution in [0.3, 0.4) is 0 Å². The van der Waals surface area contributed by atoms with Crippen molar-refractivity contribution in [2.45, 2.75) is 12.1 Å². The standard InChI is InChI=1S/C17H11N3O2/c18-9-12-6-14-15(7-13(12)10-19)17(22,20-16(14)21)8-11-4-2-1-3-5-11/h1-7,22H,8H2,(H,20,21). The van der Waals surface area contributed by atoms with Gasteiger partial charge in [0.05, 0.1) is 11.1 Å². The molecule has 2 aromatic carbocycles. The maximum atomic E-state index is 12.1. The Labute approximate surface area is 127 Å². The van der Waals surface area contributed by atoms with Gasteiger partial charge in [0.25, 0.3) is 5.91 Å². The first-order valence-corrected chi connectivity index (χ1v) is 6.65. The molecule has 2 N–H and O–H groups in total. The zero-order valence-electron chi connectivity index (χ0n) is 11.5. The molecule has 0 saturated carbocycles. The van der Waals surface area contributed by atoms with Crippen LogP contribution in [0.5, 0.6) is 0 Å². The van der Waals surface area contributed by atoms with Crippen molar-refractivity contribution < 1.29 is 9.90 Å². The summed E-state index contributed by atoms with van der Waals surface area (Å²) in [5, 5.41) is 31.5. The molecule has 106 valence electrons. The number of rotatable bonds is 2. The van der Waals surface area contributed by atoms with E-state index >= 15 is 0 Å². The van der Waals surface area contributed by atoms with Gasteiger partial charge < -0.3 is 10.4 Å². The number of aliphatic hydroxyl groups is 1. The molecule has 0 spiro atoms. The largest absolute Gasteiger partial charge is 0.366 e. The minimum absolute atomic E-state index is 0.125. The highest BCUT2D eigenvalue weighted by Crippen LogP contribution is 2.33. The Balaban J connectivity index is 2.11. The fourth-order valence-electron chi connectivity index (χ4n) is 2.67. The molecule has 0 radical (unpaired) electrons. The van der Waals surface area contributed by atoms with Crippen molar-refractivity contribution >= 4 is 5.91 Å². The van der Waals surface area contributed by atoms with Crippen LogP contribution in [0.1, 0.15) is 32.6 Å². The van der Waals surface area contributed by atoms with Crippen LogP contribution < -0.4 is 5.32 Å². The summed E-state index contributed by atoms with van der Waals surface area (Å²) in [5.41, 5.74) is 0.101. The Hall–Kier alpha value is -3.15. The van der Waals surface area contributed by atoms with Gasteiger partial charge in [0.1, 0.15) is 12.1 Å². The van der Waals surface area contributed by atoms with Crippen LogP contribution in [0.2, 0.25) is 0 Å². The van der Waals surface area contributed by atoms with Crippen LogP contribution in [-0.2, 0) is 12.1 Å². The summed E-state index contributed by atoms with van der Waals surface area (Å²) in [6, 6.07) is 15.8. The molecule has 22 heavy (non-hydrogen) atoms. The van der Waals surface area contributed by atoms with Gasteiger partial charge >= 0.3 is 0 Å². The molecule has 5 heteroatoms. The number of hydrogen-bond donors (Lipinski definition) is 2. The van der Waals surface area contributed by atoms with Crippen molar-refractivity contribution in [2.24, 2.45) is 0 Å². The van der Waals surface area contributed by atoms with Gasteiger partial charge in [-0.15, -0.1) is 0 Å². The van der Waals surface area contributed by atoms with Gasteiger partial charge in [0.15, 0.2) is 5.72 Å². The van der Waals surface area contributed by atoms with Crippen molar-refractivity contribution in [2.75, 3.05) is 0 Å². The van der Waals surface area contributed by atoms with Crippen molar-refractivity contribution in [3.8, 4) is 12.1 Å². The maximum Gasteiger partial charge on any atom is 0.254 e. The van der Waals surface area contributed by atoms with Crippen molar-refractivity contribution in [3.63, 3.8) is 0 Å². The summed E-state index contributed by atoms with van der Waals surface area (Å²) in [7, 11) is 0. The van der Waals surface area contributed by atoms with Crippen LogP contribution in [0.4, 0.5) is 0 Å². The summed E-state index contributed by atoms with van der Waals surface area (Å²) in [4.78, 5) is 12.1. The normalized spacial score (nSPS) is 19.0. The fourth-order valence-corrected chi connectivity index (χ4v) is 2.67. The molecule has 1 unspecified atom stereocenters. The molecule has 0 aromatic heterocycles. The van der Waals surface area contributed by atoms with Crippen molar-refractivity contribution in [1.29, 1.82) is 10.5 Å². The van der Waals surface area contributed by atoms with Gasteiger partial charge in [-0.3, -0.25) is 4.79 Å². The fraction of sp³-hybridized carbons (Fsp3) is 0.118. The van der Waals surface area contributed by atoms with Crippen molar-refractivity contribution in [1.82, 2.24) is 5.32 Å². The van der Waals surface area contributed by atoms with E-state index in [1.165, 1.54) is 12.1 Å². The minimum Gasteiger partial charge on any atom is -0.366 e. The predicted octanol–water partition coefficient (Wildman–Crippen LogP) is 1.56. The highest BCUT2D eigenvalue weighted by Gasteiger charge is 2.42. The lowest BCUT2D eigenvalue weighted by molar-refractivity contribution is 0.0134. The highest BCUT2D eigenvalue weighted by molar-refractivity contribution is 6.00. The molecule has 1 heterocycles. The summed E-state index contributed by atoms with van der Waals surface area (Å²) in [6.45, 7) is 0. The minimum atomic E-state index is -1.58. The number of fused-ring (bicyclic) bond motifs is 1. The van der Waals surface area contributed by atoms with Gasteiger partial charge in [0.2, 0.25) is 0 Å². The lowest BCUT2D eigenvalue weighted by Crippen LogP contribution is -2.41. The zero-order valence-corrected chi connectivity index (χ0v) is 11.5. The molecule has 1 aliphatic heterocycles. The van der Waals surface area contributed by atoms with E-state index in [0.717, 1.165) is 5.56 Å². The quantitative estimate of drug-likeness (QED) is 0.876. The van der Waals surface area contributed by atoms with Crippen molar-refractivity contribution in [3.05, 3.63) is 70.3 Å². The van der Waals surface area contributed by atoms with Crippen LogP contribution >= 0.6 is 0 Å². The molecule has 1 aliphatic rings. The Morgan fingerprint density at radius 3 is 2.36 bits per heavy atom. The third-order valence-corrected chi connectivity index (χ3v) is 3.71. The maximum absolute atomic E-state index is 12.1. The van der Waals surface area contributed by atoms with Gasteiger partial charge in [0, 0.05) is 17.5 Å². The summed E-state index contributed by atoms with van der Waals surface area (Å²) in [6.07, 6.45) is 0.184. The smallest absolute Gasteiger partial charge is 0.254 e. The average molecular weight is 289 g/mol. The summed E-state index contributed by atoms with van der Waals surface area (Å²) in [5.74, 6) is -0.450. The Kier molecular flexibility index (Phi) is 3.14. The third kappa shape index (κ3) is 2.10. The summed E-state index contributed by atoms with van der Waals surface area (Å²) >= 11 is 0. The molecule has 1 atom stereocenters. The molecular weight excluding hydrogens is 278 g/mol. The lowest BCUT2D eigenvalue weighted by Gasteiger charge is -2.24. The molecule has 2 aromatic rings. The molecule has 5 nitrogen and oxygen atoms in total. The second-order valence-corrected chi connectivity index (χ2v) is 5.14. The average Bonchev–Trinajstić information content (AvgIpc) is 2.77. The first-order chi connectivity index (χ1) is 10.6. The Morgan fingerprint density at radius 1 is 1.09 bits per heavy atom. The lowest BCUT2D eigenvalue weighted by atomic mass is 9.92. The van der Waals surface area contributed by atoms with E-state index in [1.807, 2.05) is 42.5 Å². The summed E-state index contributed by atoms with van der Waals surface area (Å²) < 4.78 is 0. The van der Waals surface area contributed by atoms with E-state index in [1.54, 1.807) is 0 Å². The van der Waals surface area contributed by atoms with E-state index < -0.39 is 11.6 Å². The van der Waals surface area contributed by atoms with E-state index in [2.05, 4.69) is 5.32 Å². The monoisotopic (exact) mass is 289 g/mol. The molecule has 0 saturated heterocycles. The van der Waals surface area contributed by atoms with Gasteiger partial charge in [-0.25, -0.2) is 0 Å². The molecular formula is C17H11N3O2. The van der Waals surface area contributed by atoms with E-state index in [0.29, 0.717) is 5.56 Å². The van der Waals surface area contributed by atoms with Gasteiger partial charge in [-0.05, 0) is 17.7 Å². The highest BCUT2D eigenvalue weighted by atomic mass is 16.3. The molecule has 3 rings (SSSR count). The number of hydrogen-bond acceptors (Lipinski definition) is 4. The third-order valence-electron chi connectivity index (χ3n) is 3.71. The van der Waals surface area contributed by atoms with Crippen LogP contribution in [0.15, 0.2) is 42.5 Å². The number of nitrogens with zero attached hydrogens (tertiary/aromatic N) is 2. The zero-order chi connectivity index (χ0) is 15.7. The van der Waals surface area contributed by atoms with Crippen LogP contribution in [-0.4, -0.2) is 11.0 Å². The number of carbonyl (C=O) groups is 1. The molecule has 0 bridgehead atoms. The van der Waals surface area contributed by atoms with E-state index in [4.69, 9.17) is 10.5 Å². The first kappa shape index (κ1) is 13.8. The first-order valence-electron chi connectivity index (χ1n) is 6.65. The van der Waals surface area contributed by atoms with E-state index in [-0.39, 0.29) is 23.1 Å². The second kappa shape index (κ2) is 5.00. The molecule has 0 fully saturated rings. The topological polar surface area (TPSA) is 96.9 Å². The number of amides is 1. The second-order valence-electron chi connectivity index (χ2n) is 5.14. The number of nitriles is 2. The van der Waals surface area contributed by atoms with E-state index in [9.17, 15) is 9.90 Å². The van der Waals surface area contributed by atoms with Gasteiger partial charge in [-0.1, -0.05) is 30.3 Å². The van der Waals surface area contributed by atoms with Gasteiger partial charge in [-0.2, -0.15) is 10.5 Å². The molecule has 1 amide bonds. The number of benzene rings is 2. The number of nitrogens with one attached hydrogen (secondary N) is 1.